The summed E-state index contributed by atoms with van der Waals surface area (Å²) in [4.78, 5) is 18.8. The summed E-state index contributed by atoms with van der Waals surface area (Å²) in [5, 5.41) is 7.92. The van der Waals surface area contributed by atoms with Gasteiger partial charge in [-0.15, -0.1) is 10.2 Å². The Morgan fingerprint density at radius 2 is 1.93 bits per heavy atom. The summed E-state index contributed by atoms with van der Waals surface area (Å²) in [6.45, 7) is 1.99. The van der Waals surface area contributed by atoms with Gasteiger partial charge in [0, 0.05) is 43.2 Å². The van der Waals surface area contributed by atoms with Crippen LogP contribution in [0.4, 0.5) is 0 Å². The van der Waals surface area contributed by atoms with Crippen LogP contribution in [0.15, 0.2) is 55.1 Å². The molecule has 29 heavy (non-hydrogen) atoms. The molecule has 1 atom stereocenters. The molecule has 0 bridgehead atoms. The first-order valence-electron chi connectivity index (χ1n) is 9.59. The predicted molar refractivity (Wildman–Crippen MR) is 106 cm³/mol. The highest BCUT2D eigenvalue weighted by Gasteiger charge is 2.26. The minimum atomic E-state index is -0.101. The topological polar surface area (TPSA) is 82.4 Å². The molecule has 1 unspecified atom stereocenters. The van der Waals surface area contributed by atoms with Crippen molar-refractivity contribution in [2.24, 2.45) is 0 Å². The van der Waals surface area contributed by atoms with E-state index in [4.69, 9.17) is 9.47 Å². The summed E-state index contributed by atoms with van der Waals surface area (Å²) in [6.07, 6.45) is 7.11. The smallest absolute Gasteiger partial charge is 0.253 e. The van der Waals surface area contributed by atoms with Crippen LogP contribution < -0.4 is 9.47 Å². The lowest BCUT2D eigenvalue weighted by molar-refractivity contribution is 0.0525. The molecule has 0 N–H and O–H groups in total. The molecule has 1 aromatic carbocycles. The number of hydrogen-bond donors (Lipinski definition) is 0. The average Bonchev–Trinajstić information content (AvgIpc) is 3.28. The molecule has 0 aliphatic carbocycles. The molecule has 0 radical (unpaired) electrons. The van der Waals surface area contributed by atoms with Gasteiger partial charge in [0.1, 0.15) is 6.10 Å². The van der Waals surface area contributed by atoms with E-state index in [1.54, 1.807) is 31.8 Å². The Morgan fingerprint density at radius 3 is 2.62 bits per heavy atom. The zero-order valence-electron chi connectivity index (χ0n) is 16.3. The van der Waals surface area contributed by atoms with E-state index in [9.17, 15) is 4.79 Å². The molecule has 2 aromatic heterocycles. The van der Waals surface area contributed by atoms with Crippen LogP contribution in [-0.4, -0.2) is 56.9 Å². The van der Waals surface area contributed by atoms with Crippen molar-refractivity contribution < 1.29 is 14.3 Å². The molecule has 1 saturated heterocycles. The lowest BCUT2D eigenvalue weighted by Crippen LogP contribution is -2.44. The van der Waals surface area contributed by atoms with E-state index in [1.165, 1.54) is 0 Å². The Kier molecular flexibility index (Phi) is 5.69. The highest BCUT2D eigenvalue weighted by Crippen LogP contribution is 2.19. The van der Waals surface area contributed by atoms with Gasteiger partial charge in [-0.2, -0.15) is 0 Å². The van der Waals surface area contributed by atoms with Gasteiger partial charge < -0.3 is 18.9 Å². The number of carbonyl (C=O) groups is 1. The summed E-state index contributed by atoms with van der Waals surface area (Å²) < 4.78 is 12.9. The van der Waals surface area contributed by atoms with Gasteiger partial charge in [-0.05, 0) is 30.5 Å². The molecule has 3 aromatic rings. The quantitative estimate of drug-likeness (QED) is 0.640. The summed E-state index contributed by atoms with van der Waals surface area (Å²) in [6, 6.07) is 11.2. The highest BCUT2D eigenvalue weighted by molar-refractivity contribution is 5.94. The van der Waals surface area contributed by atoms with Crippen molar-refractivity contribution in [1.29, 1.82) is 0 Å². The molecule has 4 rings (SSSR count). The molecule has 8 nitrogen and oxygen atoms in total. The molecule has 1 aliphatic rings. The number of rotatable bonds is 6. The van der Waals surface area contributed by atoms with Crippen molar-refractivity contribution in [3.8, 4) is 11.8 Å². The first-order valence-corrected chi connectivity index (χ1v) is 9.59. The third-order valence-electron chi connectivity index (χ3n) is 4.90. The Morgan fingerprint density at radius 1 is 1.14 bits per heavy atom. The van der Waals surface area contributed by atoms with Gasteiger partial charge in [0.15, 0.2) is 0 Å². The first-order chi connectivity index (χ1) is 14.2. The van der Waals surface area contributed by atoms with E-state index in [0.29, 0.717) is 23.9 Å². The second-order valence-corrected chi connectivity index (χ2v) is 6.98. The van der Waals surface area contributed by atoms with E-state index in [0.717, 1.165) is 31.5 Å². The van der Waals surface area contributed by atoms with E-state index < -0.39 is 0 Å². The second kappa shape index (κ2) is 8.72. The molecule has 1 amide bonds. The van der Waals surface area contributed by atoms with E-state index >= 15 is 0 Å². The van der Waals surface area contributed by atoms with Crippen LogP contribution in [0, 0.1) is 0 Å². The predicted octanol–water partition coefficient (Wildman–Crippen LogP) is 2.41. The summed E-state index contributed by atoms with van der Waals surface area (Å²) in [5.74, 6) is 0.900. The minimum Gasteiger partial charge on any atom is -0.480 e. The van der Waals surface area contributed by atoms with Gasteiger partial charge in [-0.3, -0.25) is 4.79 Å². The molecule has 0 saturated carbocycles. The number of ether oxygens (including phenoxy) is 2. The second-order valence-electron chi connectivity index (χ2n) is 6.98. The van der Waals surface area contributed by atoms with Crippen LogP contribution >= 0.6 is 0 Å². The largest absolute Gasteiger partial charge is 0.480 e. The van der Waals surface area contributed by atoms with Crippen molar-refractivity contribution in [1.82, 2.24) is 24.6 Å². The standard InChI is InChI=1S/C21H23N5O3/c1-28-19-8-9-20(24-23-19)29-18-3-2-11-26(14-18)21(27)17-6-4-16(5-7-17)13-25-12-10-22-15-25/h4-10,12,15,18H,2-3,11,13-14H2,1H3. The Balaban J connectivity index is 1.36. The monoisotopic (exact) mass is 393 g/mol. The van der Waals surface area contributed by atoms with Gasteiger partial charge in [0.2, 0.25) is 11.8 Å². The third-order valence-corrected chi connectivity index (χ3v) is 4.90. The number of carbonyl (C=O) groups excluding carboxylic acids is 1. The molecule has 8 heteroatoms. The van der Waals surface area contributed by atoms with Crippen molar-refractivity contribution >= 4 is 5.91 Å². The number of aromatic nitrogens is 4. The van der Waals surface area contributed by atoms with Crippen LogP contribution in [0.3, 0.4) is 0 Å². The Bertz CT molecular complexity index is 926. The van der Waals surface area contributed by atoms with Crippen molar-refractivity contribution in [3.05, 3.63) is 66.2 Å². The van der Waals surface area contributed by atoms with Crippen molar-refractivity contribution in [2.45, 2.75) is 25.5 Å². The molecule has 0 spiro atoms. The lowest BCUT2D eigenvalue weighted by atomic mass is 10.1. The SMILES string of the molecule is COc1ccc(OC2CCCN(C(=O)c3ccc(Cn4ccnc4)cc3)C2)nn1. The minimum absolute atomic E-state index is 0.0216. The maximum atomic E-state index is 12.9. The normalized spacial score (nSPS) is 16.4. The molecule has 1 fully saturated rings. The first kappa shape index (κ1) is 18.9. The van der Waals surface area contributed by atoms with E-state index in [2.05, 4.69) is 15.2 Å². The Labute approximate surface area is 169 Å². The number of likely N-dealkylation sites (tertiary alicyclic amines) is 1. The lowest BCUT2D eigenvalue weighted by Gasteiger charge is -2.32. The molecule has 3 heterocycles. The van der Waals surface area contributed by atoms with Crippen molar-refractivity contribution in [3.63, 3.8) is 0 Å². The zero-order valence-corrected chi connectivity index (χ0v) is 16.3. The van der Waals surface area contributed by atoms with Gasteiger partial charge in [0.25, 0.3) is 5.91 Å². The van der Waals surface area contributed by atoms with Gasteiger partial charge in [0.05, 0.1) is 20.0 Å². The van der Waals surface area contributed by atoms with Crippen LogP contribution in [0.5, 0.6) is 11.8 Å². The van der Waals surface area contributed by atoms with Crippen LogP contribution in [0.2, 0.25) is 0 Å². The van der Waals surface area contributed by atoms with Crippen LogP contribution in [0.25, 0.3) is 0 Å². The number of imidazole rings is 1. The Hall–Kier alpha value is -3.42. The number of piperidine rings is 1. The average molecular weight is 393 g/mol. The highest BCUT2D eigenvalue weighted by atomic mass is 16.5. The van der Waals surface area contributed by atoms with Gasteiger partial charge in [-0.25, -0.2) is 4.98 Å². The molecule has 150 valence electrons. The van der Waals surface area contributed by atoms with Crippen LogP contribution in [0.1, 0.15) is 28.8 Å². The zero-order chi connectivity index (χ0) is 20.1. The van der Waals surface area contributed by atoms with Gasteiger partial charge >= 0.3 is 0 Å². The maximum Gasteiger partial charge on any atom is 0.253 e. The van der Waals surface area contributed by atoms with Gasteiger partial charge in [-0.1, -0.05) is 12.1 Å². The number of methoxy groups -OCH3 is 1. The van der Waals surface area contributed by atoms with E-state index in [-0.39, 0.29) is 12.0 Å². The molecular weight excluding hydrogens is 370 g/mol. The van der Waals surface area contributed by atoms with Crippen molar-refractivity contribution in [2.75, 3.05) is 20.2 Å². The number of benzene rings is 1. The summed E-state index contributed by atoms with van der Waals surface area (Å²) >= 11 is 0. The van der Waals surface area contributed by atoms with Crippen LogP contribution in [-0.2, 0) is 6.54 Å². The number of hydrogen-bond acceptors (Lipinski definition) is 6. The summed E-state index contributed by atoms with van der Waals surface area (Å²) in [5.41, 5.74) is 1.81. The fourth-order valence-electron chi connectivity index (χ4n) is 3.40. The van der Waals surface area contributed by atoms with E-state index in [1.807, 2.05) is 39.9 Å². The maximum absolute atomic E-state index is 12.9. The summed E-state index contributed by atoms with van der Waals surface area (Å²) in [7, 11) is 1.54. The molecule has 1 aliphatic heterocycles. The molecular formula is C21H23N5O3. The fourth-order valence-corrected chi connectivity index (χ4v) is 3.40. The fraction of sp³-hybridized carbons (Fsp3) is 0.333. The third kappa shape index (κ3) is 4.71. The number of amides is 1. The number of nitrogens with zero attached hydrogens (tertiary/aromatic N) is 5.